The number of aryl methyl sites for hydroxylation is 1. The number of carbonyl (C=O) groups is 1. The number of amides is 1. The maximum atomic E-state index is 12.3. The topological polar surface area (TPSA) is 49.3 Å². The highest BCUT2D eigenvalue weighted by molar-refractivity contribution is 7.99. The fraction of sp³-hybridized carbons (Fsp3) is 0.562. The van der Waals surface area contributed by atoms with Crippen LogP contribution in [-0.4, -0.2) is 35.2 Å². The summed E-state index contributed by atoms with van der Waals surface area (Å²) in [5.74, 6) is 5.53. The Hall–Kier alpha value is -0.960. The third-order valence-corrected chi connectivity index (χ3v) is 5.96. The number of carbonyl (C=O) groups excluding carboxylic acids is 1. The minimum Gasteiger partial charge on any atom is -0.384 e. The number of hydrogen-bond acceptors (Lipinski definition) is 4. The Morgan fingerprint density at radius 2 is 2.38 bits per heavy atom. The number of rotatable bonds is 3. The zero-order valence-electron chi connectivity index (χ0n) is 12.4. The number of aliphatic hydroxyl groups is 1. The van der Waals surface area contributed by atoms with Gasteiger partial charge >= 0.3 is 0 Å². The van der Waals surface area contributed by atoms with Crippen LogP contribution in [0.25, 0.3) is 0 Å². The number of aliphatic hydroxyl groups excluding tert-OH is 1. The third kappa shape index (κ3) is 4.50. The summed E-state index contributed by atoms with van der Waals surface area (Å²) < 4.78 is 0. The van der Waals surface area contributed by atoms with Gasteiger partial charge in [-0.2, -0.15) is 11.8 Å². The van der Waals surface area contributed by atoms with E-state index in [-0.39, 0.29) is 18.6 Å². The molecule has 21 heavy (non-hydrogen) atoms. The first kappa shape index (κ1) is 16.4. The highest BCUT2D eigenvalue weighted by Gasteiger charge is 2.23. The van der Waals surface area contributed by atoms with Crippen LogP contribution in [-0.2, 0) is 0 Å². The second kappa shape index (κ2) is 7.88. The molecule has 2 unspecified atom stereocenters. The zero-order valence-corrected chi connectivity index (χ0v) is 14.1. The van der Waals surface area contributed by atoms with Gasteiger partial charge in [-0.05, 0) is 44.1 Å². The largest absolute Gasteiger partial charge is 0.384 e. The Morgan fingerprint density at radius 1 is 1.57 bits per heavy atom. The fourth-order valence-electron chi connectivity index (χ4n) is 2.58. The third-order valence-electron chi connectivity index (χ3n) is 3.72. The van der Waals surface area contributed by atoms with Crippen molar-refractivity contribution in [2.45, 2.75) is 43.9 Å². The van der Waals surface area contributed by atoms with Crippen LogP contribution in [0.1, 0.15) is 45.8 Å². The second-order valence-corrected chi connectivity index (χ2v) is 7.47. The molecule has 0 radical (unpaired) electrons. The Labute approximate surface area is 134 Å². The van der Waals surface area contributed by atoms with Crippen molar-refractivity contribution in [3.8, 4) is 11.8 Å². The quantitative estimate of drug-likeness (QED) is 0.841. The molecule has 1 saturated carbocycles. The molecule has 1 fully saturated rings. The molecule has 1 aromatic heterocycles. The summed E-state index contributed by atoms with van der Waals surface area (Å²) >= 11 is 3.30. The SMILES string of the molecule is CSC1CCCC(NC(=O)c2cc(C)c(C#CCO)s2)C1. The Kier molecular flexibility index (Phi) is 6.16. The van der Waals surface area contributed by atoms with Gasteiger partial charge in [-0.15, -0.1) is 11.3 Å². The standard InChI is InChI=1S/C16H21NO2S2/c1-11-9-15(21-14(11)7-4-8-18)16(19)17-12-5-3-6-13(10-12)20-2/h9,12-13,18H,3,5-6,8,10H2,1-2H3,(H,17,19). The van der Waals surface area contributed by atoms with Gasteiger partial charge in [0.15, 0.2) is 0 Å². The van der Waals surface area contributed by atoms with Crippen LogP contribution in [0.4, 0.5) is 0 Å². The number of thioether (sulfide) groups is 1. The molecule has 1 heterocycles. The van der Waals surface area contributed by atoms with E-state index >= 15 is 0 Å². The molecule has 0 spiro atoms. The van der Waals surface area contributed by atoms with Crippen LogP contribution in [0.5, 0.6) is 0 Å². The number of thiophene rings is 1. The average Bonchev–Trinajstić information content (AvgIpc) is 2.86. The van der Waals surface area contributed by atoms with Gasteiger partial charge in [-0.3, -0.25) is 4.79 Å². The maximum absolute atomic E-state index is 12.3. The summed E-state index contributed by atoms with van der Waals surface area (Å²) in [4.78, 5) is 13.9. The maximum Gasteiger partial charge on any atom is 0.261 e. The summed E-state index contributed by atoms with van der Waals surface area (Å²) in [5, 5.41) is 12.6. The second-order valence-electron chi connectivity index (χ2n) is 5.28. The summed E-state index contributed by atoms with van der Waals surface area (Å²) in [5.41, 5.74) is 0.997. The highest BCUT2D eigenvalue weighted by Crippen LogP contribution is 2.27. The Balaban J connectivity index is 2.00. The van der Waals surface area contributed by atoms with Crippen LogP contribution in [0.15, 0.2) is 6.07 Å². The molecular formula is C16H21NO2S2. The first-order chi connectivity index (χ1) is 10.1. The van der Waals surface area contributed by atoms with Gasteiger partial charge in [0.1, 0.15) is 6.61 Å². The molecule has 0 aliphatic heterocycles. The van der Waals surface area contributed by atoms with Crippen LogP contribution in [0.3, 0.4) is 0 Å². The van der Waals surface area contributed by atoms with E-state index in [0.29, 0.717) is 10.1 Å². The average molecular weight is 323 g/mol. The molecule has 1 amide bonds. The van der Waals surface area contributed by atoms with Crippen molar-refractivity contribution in [2.24, 2.45) is 0 Å². The van der Waals surface area contributed by atoms with E-state index in [1.165, 1.54) is 24.2 Å². The smallest absolute Gasteiger partial charge is 0.261 e. The molecule has 5 heteroatoms. The molecule has 1 aliphatic rings. The molecule has 114 valence electrons. The Bertz CT molecular complexity index is 556. The summed E-state index contributed by atoms with van der Waals surface area (Å²) in [6.07, 6.45) is 6.72. The van der Waals surface area contributed by atoms with Gasteiger partial charge in [-0.25, -0.2) is 0 Å². The van der Waals surface area contributed by atoms with E-state index in [1.807, 2.05) is 24.8 Å². The summed E-state index contributed by atoms with van der Waals surface area (Å²) in [6, 6.07) is 2.18. The first-order valence-corrected chi connectivity index (χ1v) is 9.28. The van der Waals surface area contributed by atoms with E-state index in [9.17, 15) is 4.79 Å². The zero-order chi connectivity index (χ0) is 15.2. The molecular weight excluding hydrogens is 302 g/mol. The predicted octanol–water partition coefficient (Wildman–Crippen LogP) is 2.80. The lowest BCUT2D eigenvalue weighted by Crippen LogP contribution is -2.38. The van der Waals surface area contributed by atoms with Crippen molar-refractivity contribution in [3.05, 3.63) is 21.4 Å². The molecule has 3 nitrogen and oxygen atoms in total. The normalized spacial score (nSPS) is 21.5. The minimum absolute atomic E-state index is 0.00639. The van der Waals surface area contributed by atoms with Gasteiger partial charge in [0.25, 0.3) is 5.91 Å². The molecule has 0 saturated heterocycles. The summed E-state index contributed by atoms with van der Waals surface area (Å²) in [7, 11) is 0. The monoisotopic (exact) mass is 323 g/mol. The lowest BCUT2D eigenvalue weighted by Gasteiger charge is -2.28. The van der Waals surface area contributed by atoms with Crippen molar-refractivity contribution in [1.29, 1.82) is 0 Å². The van der Waals surface area contributed by atoms with Crippen LogP contribution in [0.2, 0.25) is 0 Å². The van der Waals surface area contributed by atoms with E-state index in [2.05, 4.69) is 23.4 Å². The van der Waals surface area contributed by atoms with Crippen LogP contribution >= 0.6 is 23.1 Å². The molecule has 0 bridgehead atoms. The lowest BCUT2D eigenvalue weighted by molar-refractivity contribution is 0.0932. The molecule has 1 aromatic rings. The molecule has 2 rings (SSSR count). The minimum atomic E-state index is -0.156. The molecule has 1 aliphatic carbocycles. The van der Waals surface area contributed by atoms with Gasteiger partial charge in [0.2, 0.25) is 0 Å². The Morgan fingerprint density at radius 3 is 3.10 bits per heavy atom. The number of nitrogens with one attached hydrogen (secondary N) is 1. The van der Waals surface area contributed by atoms with E-state index in [1.54, 1.807) is 0 Å². The van der Waals surface area contributed by atoms with E-state index in [0.717, 1.165) is 23.3 Å². The molecule has 2 atom stereocenters. The van der Waals surface area contributed by atoms with Gasteiger partial charge < -0.3 is 10.4 Å². The van der Waals surface area contributed by atoms with Crippen LogP contribution in [0, 0.1) is 18.8 Å². The van der Waals surface area contributed by atoms with E-state index < -0.39 is 0 Å². The van der Waals surface area contributed by atoms with Crippen molar-refractivity contribution in [3.63, 3.8) is 0 Å². The van der Waals surface area contributed by atoms with E-state index in [4.69, 9.17) is 5.11 Å². The first-order valence-electron chi connectivity index (χ1n) is 7.18. The van der Waals surface area contributed by atoms with Gasteiger partial charge in [0, 0.05) is 11.3 Å². The fourth-order valence-corrected chi connectivity index (χ4v) is 4.36. The van der Waals surface area contributed by atoms with Crippen molar-refractivity contribution >= 4 is 29.0 Å². The van der Waals surface area contributed by atoms with Gasteiger partial charge in [0.05, 0.1) is 9.75 Å². The predicted molar refractivity (Wildman–Crippen MR) is 90.0 cm³/mol. The van der Waals surface area contributed by atoms with Gasteiger partial charge in [-0.1, -0.05) is 18.3 Å². The summed E-state index contributed by atoms with van der Waals surface area (Å²) in [6.45, 7) is 1.79. The number of hydrogen-bond donors (Lipinski definition) is 2. The van der Waals surface area contributed by atoms with Crippen molar-refractivity contribution in [1.82, 2.24) is 5.32 Å². The molecule has 2 N–H and O–H groups in total. The van der Waals surface area contributed by atoms with Crippen LogP contribution < -0.4 is 5.32 Å². The van der Waals surface area contributed by atoms with Crippen molar-refractivity contribution in [2.75, 3.05) is 12.9 Å². The van der Waals surface area contributed by atoms with Crippen molar-refractivity contribution < 1.29 is 9.90 Å². The highest BCUT2D eigenvalue weighted by atomic mass is 32.2. The molecule has 0 aromatic carbocycles. The lowest BCUT2D eigenvalue weighted by atomic mass is 9.95.